The Morgan fingerprint density at radius 2 is 1.86 bits per heavy atom. The fourth-order valence-corrected chi connectivity index (χ4v) is 3.51. The number of nitrogens with zero attached hydrogens (tertiary/aromatic N) is 3. The van der Waals surface area contributed by atoms with Crippen molar-refractivity contribution in [3.05, 3.63) is 77.0 Å². The highest BCUT2D eigenvalue weighted by Gasteiger charge is 2.12. The van der Waals surface area contributed by atoms with Crippen LogP contribution in [-0.4, -0.2) is 21.0 Å². The number of nitrogens with two attached hydrogens (primary N) is 2. The van der Waals surface area contributed by atoms with Gasteiger partial charge in [-0.05, 0) is 48.6 Å². The van der Waals surface area contributed by atoms with Gasteiger partial charge in [-0.25, -0.2) is 4.98 Å². The van der Waals surface area contributed by atoms with Gasteiger partial charge in [0, 0.05) is 22.5 Å². The molecule has 2 aromatic carbocycles. The second-order valence-corrected chi connectivity index (χ2v) is 6.89. The summed E-state index contributed by atoms with van der Waals surface area (Å²) in [5.74, 6) is 0.564. The number of fused-ring (bicyclic) bond motifs is 3. The maximum atomic E-state index is 8.78. The van der Waals surface area contributed by atoms with Gasteiger partial charge in [-0.15, -0.1) is 0 Å². The first-order chi connectivity index (χ1) is 13.6. The summed E-state index contributed by atoms with van der Waals surface area (Å²) in [7, 11) is 0. The number of oxime groups is 1. The van der Waals surface area contributed by atoms with Crippen LogP contribution >= 0.6 is 0 Å². The van der Waals surface area contributed by atoms with Crippen LogP contribution in [0.4, 0.5) is 5.82 Å². The zero-order valence-corrected chi connectivity index (χ0v) is 15.6. The minimum atomic E-state index is 0.108. The van der Waals surface area contributed by atoms with Crippen LogP contribution in [-0.2, 0) is 12.8 Å². The van der Waals surface area contributed by atoms with Crippen molar-refractivity contribution < 1.29 is 5.21 Å². The summed E-state index contributed by atoms with van der Waals surface area (Å²) in [4.78, 5) is 9.00. The molecule has 0 spiro atoms. The highest BCUT2D eigenvalue weighted by Crippen LogP contribution is 2.30. The quantitative estimate of drug-likeness (QED) is 0.167. The number of hydrogen-bond donors (Lipinski definition) is 3. The molecule has 0 saturated carbocycles. The molecule has 0 atom stereocenters. The maximum absolute atomic E-state index is 8.78. The lowest BCUT2D eigenvalue weighted by Crippen LogP contribution is -2.12. The number of aromatic nitrogens is 2. The lowest BCUT2D eigenvalue weighted by Gasteiger charge is -2.11. The molecule has 0 aliphatic carbocycles. The first kappa shape index (κ1) is 17.7. The number of benzene rings is 2. The van der Waals surface area contributed by atoms with Crippen LogP contribution in [0.25, 0.3) is 21.8 Å². The van der Waals surface area contributed by atoms with E-state index in [-0.39, 0.29) is 5.84 Å². The molecule has 2 aromatic heterocycles. The molecule has 6 nitrogen and oxygen atoms in total. The Kier molecular flexibility index (Phi) is 4.53. The summed E-state index contributed by atoms with van der Waals surface area (Å²) in [6.07, 6.45) is 3.48. The molecule has 28 heavy (non-hydrogen) atoms. The monoisotopic (exact) mass is 371 g/mol. The van der Waals surface area contributed by atoms with Crippen molar-refractivity contribution >= 4 is 33.5 Å². The average molecular weight is 371 g/mol. The van der Waals surface area contributed by atoms with Gasteiger partial charge in [0.1, 0.15) is 5.52 Å². The number of rotatable bonds is 4. The molecule has 4 rings (SSSR count). The largest absolute Gasteiger partial charge is 0.409 e. The normalized spacial score (nSPS) is 12.0. The van der Waals surface area contributed by atoms with Crippen molar-refractivity contribution in [2.45, 2.75) is 19.8 Å². The number of pyridine rings is 2. The van der Waals surface area contributed by atoms with Crippen molar-refractivity contribution in [3.63, 3.8) is 0 Å². The third-order valence-corrected chi connectivity index (χ3v) is 4.98. The summed E-state index contributed by atoms with van der Waals surface area (Å²) < 4.78 is 0. The number of nitrogen functional groups attached to an aromatic ring is 1. The zero-order chi connectivity index (χ0) is 19.7. The molecule has 0 saturated heterocycles. The predicted molar refractivity (Wildman–Crippen MR) is 113 cm³/mol. The Hall–Kier alpha value is -3.67. The van der Waals surface area contributed by atoms with Crippen LogP contribution < -0.4 is 11.5 Å². The van der Waals surface area contributed by atoms with E-state index < -0.39 is 0 Å². The van der Waals surface area contributed by atoms with E-state index in [1.165, 1.54) is 11.1 Å². The molecule has 0 fully saturated rings. The average Bonchev–Trinajstić information content (AvgIpc) is 2.72. The molecule has 0 aliphatic rings. The van der Waals surface area contributed by atoms with Gasteiger partial charge < -0.3 is 16.7 Å². The Morgan fingerprint density at radius 3 is 2.61 bits per heavy atom. The van der Waals surface area contributed by atoms with Crippen molar-refractivity contribution in [1.29, 1.82) is 0 Å². The molecule has 4 aromatic rings. The first-order valence-electron chi connectivity index (χ1n) is 9.07. The van der Waals surface area contributed by atoms with Gasteiger partial charge in [-0.1, -0.05) is 41.6 Å². The van der Waals surface area contributed by atoms with E-state index in [0.29, 0.717) is 11.4 Å². The van der Waals surface area contributed by atoms with Gasteiger partial charge >= 0.3 is 0 Å². The molecule has 6 heteroatoms. The molecule has 0 radical (unpaired) electrons. The molecule has 5 N–H and O–H groups in total. The second kappa shape index (κ2) is 7.15. The molecule has 140 valence electrons. The zero-order valence-electron chi connectivity index (χ0n) is 15.6. The van der Waals surface area contributed by atoms with E-state index in [1.54, 1.807) is 6.20 Å². The standard InChI is InChI=1S/C22H21N5O/c1-13-2-9-17-18(12-13)26-22(24)20-19(17)15(10-11-25-20)6-3-14-4-7-16(8-5-14)21(23)27-28/h2,4-5,7-12,28H,3,6H2,1H3,(H2,23,27)(H2,24,26). The van der Waals surface area contributed by atoms with E-state index in [2.05, 4.69) is 27.3 Å². The lowest BCUT2D eigenvalue weighted by atomic mass is 9.97. The summed E-state index contributed by atoms with van der Waals surface area (Å²) >= 11 is 0. The predicted octanol–water partition coefficient (Wildman–Crippen LogP) is 3.55. The second-order valence-electron chi connectivity index (χ2n) is 6.89. The summed E-state index contributed by atoms with van der Waals surface area (Å²) in [5.41, 5.74) is 17.7. The van der Waals surface area contributed by atoms with Crippen LogP contribution in [0.15, 0.2) is 59.9 Å². The van der Waals surface area contributed by atoms with E-state index in [1.807, 2.05) is 43.3 Å². The van der Waals surface area contributed by atoms with Crippen LogP contribution in [0.5, 0.6) is 0 Å². The Morgan fingerprint density at radius 1 is 1.07 bits per heavy atom. The molecule has 2 heterocycles. The smallest absolute Gasteiger partial charge is 0.170 e. The maximum Gasteiger partial charge on any atom is 0.170 e. The number of hydrogen-bond acceptors (Lipinski definition) is 5. The van der Waals surface area contributed by atoms with Crippen molar-refractivity contribution in [1.82, 2.24) is 9.97 Å². The molecule has 0 unspecified atom stereocenters. The van der Waals surface area contributed by atoms with Crippen molar-refractivity contribution in [3.8, 4) is 0 Å². The summed E-state index contributed by atoms with van der Waals surface area (Å²) in [6.45, 7) is 2.05. The third kappa shape index (κ3) is 3.20. The fraction of sp³-hybridized carbons (Fsp3) is 0.136. The third-order valence-electron chi connectivity index (χ3n) is 4.98. The molecular formula is C22H21N5O. The summed E-state index contributed by atoms with van der Waals surface area (Å²) in [6, 6.07) is 16.0. The molecular weight excluding hydrogens is 350 g/mol. The first-order valence-corrected chi connectivity index (χ1v) is 9.07. The minimum absolute atomic E-state index is 0.108. The van der Waals surface area contributed by atoms with Crippen LogP contribution in [0.1, 0.15) is 22.3 Å². The van der Waals surface area contributed by atoms with Crippen LogP contribution in [0.3, 0.4) is 0 Å². The summed E-state index contributed by atoms with van der Waals surface area (Å²) in [5, 5.41) is 13.9. The Labute approximate surface area is 162 Å². The van der Waals surface area contributed by atoms with Gasteiger partial charge in [0.2, 0.25) is 0 Å². The van der Waals surface area contributed by atoms with E-state index in [9.17, 15) is 0 Å². The van der Waals surface area contributed by atoms with E-state index in [0.717, 1.165) is 40.2 Å². The highest BCUT2D eigenvalue weighted by molar-refractivity contribution is 6.09. The molecule has 0 amide bonds. The van der Waals surface area contributed by atoms with Gasteiger partial charge in [0.05, 0.1) is 5.52 Å². The number of anilines is 1. The highest BCUT2D eigenvalue weighted by atomic mass is 16.4. The Bertz CT molecular complexity index is 1200. The van der Waals surface area contributed by atoms with E-state index >= 15 is 0 Å². The van der Waals surface area contributed by atoms with Gasteiger partial charge in [0.15, 0.2) is 11.7 Å². The minimum Gasteiger partial charge on any atom is -0.409 e. The fourth-order valence-electron chi connectivity index (χ4n) is 3.51. The Balaban J connectivity index is 1.72. The van der Waals surface area contributed by atoms with Crippen molar-refractivity contribution in [2.75, 3.05) is 5.73 Å². The van der Waals surface area contributed by atoms with Gasteiger partial charge in [-0.2, -0.15) is 0 Å². The molecule has 0 bridgehead atoms. The number of amidine groups is 1. The van der Waals surface area contributed by atoms with Gasteiger partial charge in [0.25, 0.3) is 0 Å². The van der Waals surface area contributed by atoms with Gasteiger partial charge in [-0.3, -0.25) is 4.98 Å². The topological polar surface area (TPSA) is 110 Å². The van der Waals surface area contributed by atoms with E-state index in [4.69, 9.17) is 16.7 Å². The van der Waals surface area contributed by atoms with Crippen LogP contribution in [0.2, 0.25) is 0 Å². The molecule has 0 aliphatic heterocycles. The van der Waals surface area contributed by atoms with Crippen molar-refractivity contribution in [2.24, 2.45) is 10.9 Å². The SMILES string of the molecule is Cc1ccc2c(c1)nc(N)c1nccc(CCc3ccc(C(N)=NO)cc3)c12. The lowest BCUT2D eigenvalue weighted by molar-refractivity contribution is 0.318. The number of aryl methyl sites for hydroxylation is 3. The van der Waals surface area contributed by atoms with Crippen LogP contribution in [0, 0.1) is 6.92 Å².